The standard InChI is InChI=1S/C35H44N2O2/c38-34(19-13-25-36-23-11-1-2-12-24-36)32-18-9-10-20-35(32)39-31-21-26-37(27-22-31)28-33(29-14-5-3-6-15-29)30-16-7-4-8-17-30/h3-10,14-18,20,31,33H,1-2,11-13,19,21-28H2. The third kappa shape index (κ3) is 8.03. The fourth-order valence-electron chi connectivity index (χ4n) is 6.18. The molecule has 3 aromatic carbocycles. The lowest BCUT2D eigenvalue weighted by Gasteiger charge is -2.35. The van der Waals surface area contributed by atoms with Gasteiger partial charge in [-0.3, -0.25) is 4.79 Å². The van der Waals surface area contributed by atoms with E-state index in [1.54, 1.807) is 0 Å². The Morgan fingerprint density at radius 2 is 1.31 bits per heavy atom. The Bertz CT molecular complexity index is 1090. The molecule has 0 aliphatic carbocycles. The fraction of sp³-hybridized carbons (Fsp3) is 0.457. The molecular formula is C35H44N2O2. The number of benzene rings is 3. The minimum atomic E-state index is 0.152. The largest absolute Gasteiger partial charge is 0.490 e. The van der Waals surface area contributed by atoms with Crippen LogP contribution in [0, 0.1) is 0 Å². The molecule has 0 bridgehead atoms. The first-order valence-electron chi connectivity index (χ1n) is 15.1. The van der Waals surface area contributed by atoms with Crippen LogP contribution in [0.1, 0.15) is 78.8 Å². The zero-order valence-corrected chi connectivity index (χ0v) is 23.3. The Balaban J connectivity index is 1.13. The first-order chi connectivity index (χ1) is 19.3. The van der Waals surface area contributed by atoms with Crippen LogP contribution < -0.4 is 4.74 Å². The zero-order chi connectivity index (χ0) is 26.7. The van der Waals surface area contributed by atoms with Gasteiger partial charge in [-0.15, -0.1) is 0 Å². The Hall–Kier alpha value is -2.95. The van der Waals surface area contributed by atoms with E-state index in [9.17, 15) is 4.79 Å². The van der Waals surface area contributed by atoms with Crippen LogP contribution in [0.5, 0.6) is 5.75 Å². The number of hydrogen-bond donors (Lipinski definition) is 0. The summed E-state index contributed by atoms with van der Waals surface area (Å²) < 4.78 is 6.49. The molecule has 0 spiro atoms. The van der Waals surface area contributed by atoms with Gasteiger partial charge in [-0.1, -0.05) is 85.6 Å². The molecule has 0 unspecified atom stereocenters. The summed E-state index contributed by atoms with van der Waals surface area (Å²) >= 11 is 0. The van der Waals surface area contributed by atoms with Gasteiger partial charge in [0.25, 0.3) is 0 Å². The molecule has 206 valence electrons. The second kappa shape index (κ2) is 14.4. The summed E-state index contributed by atoms with van der Waals surface area (Å²) in [6.07, 6.45) is 8.91. The molecule has 0 atom stereocenters. The summed E-state index contributed by atoms with van der Waals surface area (Å²) in [5.74, 6) is 1.34. The van der Waals surface area contributed by atoms with E-state index >= 15 is 0 Å². The Morgan fingerprint density at radius 1 is 0.718 bits per heavy atom. The minimum Gasteiger partial charge on any atom is -0.490 e. The van der Waals surface area contributed by atoms with Gasteiger partial charge in [0.05, 0.1) is 5.56 Å². The second-order valence-electron chi connectivity index (χ2n) is 11.3. The number of ketones is 1. The normalized spacial score (nSPS) is 17.7. The van der Waals surface area contributed by atoms with Crippen LogP contribution in [0.2, 0.25) is 0 Å². The lowest BCUT2D eigenvalue weighted by molar-refractivity contribution is 0.0914. The van der Waals surface area contributed by atoms with E-state index in [-0.39, 0.29) is 11.9 Å². The summed E-state index contributed by atoms with van der Waals surface area (Å²) in [6, 6.07) is 29.6. The monoisotopic (exact) mass is 524 g/mol. The van der Waals surface area contributed by atoms with Gasteiger partial charge in [-0.25, -0.2) is 0 Å². The van der Waals surface area contributed by atoms with E-state index in [4.69, 9.17) is 4.74 Å². The molecule has 0 radical (unpaired) electrons. The lowest BCUT2D eigenvalue weighted by Crippen LogP contribution is -2.40. The van der Waals surface area contributed by atoms with Crippen LogP contribution in [0.25, 0.3) is 0 Å². The van der Waals surface area contributed by atoms with Crippen LogP contribution in [0.15, 0.2) is 84.9 Å². The van der Waals surface area contributed by atoms with E-state index in [1.807, 2.05) is 24.3 Å². The highest BCUT2D eigenvalue weighted by molar-refractivity contribution is 5.98. The minimum absolute atomic E-state index is 0.152. The first kappa shape index (κ1) is 27.6. The summed E-state index contributed by atoms with van der Waals surface area (Å²) in [4.78, 5) is 18.3. The Kier molecular flexibility index (Phi) is 10.2. The van der Waals surface area contributed by atoms with Gasteiger partial charge in [-0.2, -0.15) is 0 Å². The number of piperidine rings is 1. The maximum atomic E-state index is 13.2. The average Bonchev–Trinajstić information content (AvgIpc) is 3.27. The molecule has 5 rings (SSSR count). The summed E-state index contributed by atoms with van der Waals surface area (Å²) in [7, 11) is 0. The molecule has 0 N–H and O–H groups in total. The van der Waals surface area contributed by atoms with Crippen LogP contribution in [0.4, 0.5) is 0 Å². The van der Waals surface area contributed by atoms with Gasteiger partial charge in [0.2, 0.25) is 0 Å². The van der Waals surface area contributed by atoms with E-state index in [0.29, 0.717) is 12.3 Å². The predicted octanol–water partition coefficient (Wildman–Crippen LogP) is 7.20. The number of hydrogen-bond acceptors (Lipinski definition) is 4. The van der Waals surface area contributed by atoms with E-state index in [1.165, 1.54) is 49.9 Å². The maximum Gasteiger partial charge on any atom is 0.166 e. The highest BCUT2D eigenvalue weighted by Gasteiger charge is 2.25. The molecule has 2 aliphatic rings. The number of likely N-dealkylation sites (tertiary alicyclic amines) is 2. The molecule has 2 aliphatic heterocycles. The first-order valence-corrected chi connectivity index (χ1v) is 15.1. The highest BCUT2D eigenvalue weighted by atomic mass is 16.5. The highest BCUT2D eigenvalue weighted by Crippen LogP contribution is 2.29. The van der Waals surface area contributed by atoms with Crippen molar-refractivity contribution in [3.05, 3.63) is 102 Å². The molecule has 2 fully saturated rings. The topological polar surface area (TPSA) is 32.8 Å². The van der Waals surface area contributed by atoms with Gasteiger partial charge in [0, 0.05) is 32.0 Å². The quantitative estimate of drug-likeness (QED) is 0.248. The van der Waals surface area contributed by atoms with E-state index < -0.39 is 0 Å². The van der Waals surface area contributed by atoms with Crippen molar-refractivity contribution < 1.29 is 9.53 Å². The maximum absolute atomic E-state index is 13.2. The number of ether oxygens (including phenoxy) is 1. The van der Waals surface area contributed by atoms with Crippen molar-refractivity contribution in [2.24, 2.45) is 0 Å². The number of carbonyl (C=O) groups excluding carboxylic acids is 1. The fourth-order valence-corrected chi connectivity index (χ4v) is 6.18. The van der Waals surface area contributed by atoms with Gasteiger partial charge in [-0.05, 0) is 75.0 Å². The Morgan fingerprint density at radius 3 is 1.95 bits per heavy atom. The SMILES string of the molecule is O=C(CCCN1CCCCCC1)c1ccccc1OC1CCN(CC(c2ccccc2)c2ccccc2)CC1. The van der Waals surface area contributed by atoms with Gasteiger partial charge >= 0.3 is 0 Å². The van der Waals surface area contributed by atoms with Crippen LogP contribution >= 0.6 is 0 Å². The predicted molar refractivity (Wildman–Crippen MR) is 160 cm³/mol. The van der Waals surface area contributed by atoms with Gasteiger partial charge < -0.3 is 14.5 Å². The number of nitrogens with zero attached hydrogens (tertiary/aromatic N) is 2. The molecule has 0 saturated carbocycles. The number of para-hydroxylation sites is 1. The van der Waals surface area contributed by atoms with Crippen molar-refractivity contribution in [3.8, 4) is 5.75 Å². The molecule has 3 aromatic rings. The van der Waals surface area contributed by atoms with Gasteiger partial charge in [0.1, 0.15) is 11.9 Å². The van der Waals surface area contributed by atoms with Crippen molar-refractivity contribution in [2.75, 3.05) is 39.3 Å². The van der Waals surface area contributed by atoms with E-state index in [0.717, 1.165) is 56.8 Å². The van der Waals surface area contributed by atoms with Crippen molar-refractivity contribution in [3.63, 3.8) is 0 Å². The molecule has 39 heavy (non-hydrogen) atoms. The van der Waals surface area contributed by atoms with Crippen LogP contribution in [0.3, 0.4) is 0 Å². The number of Topliss-reactive ketones (excluding diaryl/α,β-unsaturated/α-hetero) is 1. The lowest BCUT2D eigenvalue weighted by atomic mass is 9.90. The van der Waals surface area contributed by atoms with Crippen molar-refractivity contribution >= 4 is 5.78 Å². The second-order valence-corrected chi connectivity index (χ2v) is 11.3. The van der Waals surface area contributed by atoms with Crippen molar-refractivity contribution in [2.45, 2.75) is 63.4 Å². The number of carbonyl (C=O) groups is 1. The summed E-state index contributed by atoms with van der Waals surface area (Å²) in [5.41, 5.74) is 3.49. The smallest absolute Gasteiger partial charge is 0.166 e. The summed E-state index contributed by atoms with van der Waals surface area (Å²) in [6.45, 7) is 6.42. The van der Waals surface area contributed by atoms with Gasteiger partial charge in [0.15, 0.2) is 5.78 Å². The summed E-state index contributed by atoms with van der Waals surface area (Å²) in [5, 5.41) is 0. The molecule has 2 saturated heterocycles. The third-order valence-corrected chi connectivity index (χ3v) is 8.44. The van der Waals surface area contributed by atoms with Crippen LogP contribution in [-0.4, -0.2) is 61.0 Å². The molecule has 0 amide bonds. The average molecular weight is 525 g/mol. The number of rotatable bonds is 11. The molecule has 0 aromatic heterocycles. The zero-order valence-electron chi connectivity index (χ0n) is 23.3. The van der Waals surface area contributed by atoms with Crippen molar-refractivity contribution in [1.82, 2.24) is 9.80 Å². The molecule has 4 nitrogen and oxygen atoms in total. The van der Waals surface area contributed by atoms with Crippen molar-refractivity contribution in [1.29, 1.82) is 0 Å². The third-order valence-electron chi connectivity index (χ3n) is 8.44. The molecule has 2 heterocycles. The molecular weight excluding hydrogens is 480 g/mol. The van der Waals surface area contributed by atoms with E-state index in [2.05, 4.69) is 70.5 Å². The molecule has 4 heteroatoms. The van der Waals surface area contributed by atoms with Crippen LogP contribution in [-0.2, 0) is 0 Å². The Labute approximate surface area is 235 Å².